The summed E-state index contributed by atoms with van der Waals surface area (Å²) < 4.78 is 7.26. The van der Waals surface area contributed by atoms with Gasteiger partial charge >= 0.3 is 0 Å². The van der Waals surface area contributed by atoms with Gasteiger partial charge in [-0.05, 0) is 68.9 Å². The van der Waals surface area contributed by atoms with Crippen molar-refractivity contribution in [1.82, 2.24) is 15.0 Å². The quantitative estimate of drug-likeness (QED) is 0.168. The van der Waals surface area contributed by atoms with Gasteiger partial charge in [0.15, 0.2) is 0 Å². The number of aromatic nitrogens is 3. The molecule has 201 valence electrons. The molecule has 0 aliphatic rings. The van der Waals surface area contributed by atoms with Crippen LogP contribution >= 0.6 is 11.3 Å². The Morgan fingerprint density at radius 1 is 0.775 bits per heavy atom. The molecular formula is C34H27IrN3OS-2. The Balaban J connectivity index is 0.000000175. The monoisotopic (exact) mass is 718 g/mol. The number of hydrogen-bond acceptors (Lipinski definition) is 5. The van der Waals surface area contributed by atoms with Crippen molar-refractivity contribution in [3.8, 4) is 22.5 Å². The molecule has 0 atom stereocenters. The molecule has 0 saturated heterocycles. The third-order valence-electron chi connectivity index (χ3n) is 6.81. The van der Waals surface area contributed by atoms with Crippen LogP contribution < -0.4 is 0 Å². The van der Waals surface area contributed by atoms with E-state index in [0.717, 1.165) is 50.1 Å². The van der Waals surface area contributed by atoms with Crippen LogP contribution in [0.4, 0.5) is 0 Å². The fourth-order valence-corrected chi connectivity index (χ4v) is 5.39. The van der Waals surface area contributed by atoms with Gasteiger partial charge < -0.3 is 9.40 Å². The fraction of sp³-hybridized carbons (Fsp3) is 0.147. The number of benzene rings is 2. The molecule has 2 aromatic carbocycles. The fourth-order valence-electron chi connectivity index (χ4n) is 4.53. The Labute approximate surface area is 251 Å². The Morgan fingerprint density at radius 3 is 2.40 bits per heavy atom. The van der Waals surface area contributed by atoms with Gasteiger partial charge in [0.1, 0.15) is 0 Å². The van der Waals surface area contributed by atoms with E-state index in [2.05, 4.69) is 86.2 Å². The van der Waals surface area contributed by atoms with Gasteiger partial charge in [-0.2, -0.15) is 0 Å². The summed E-state index contributed by atoms with van der Waals surface area (Å²) in [7, 11) is 0. The molecule has 0 bridgehead atoms. The van der Waals surface area contributed by atoms with Gasteiger partial charge in [0, 0.05) is 42.3 Å². The molecule has 40 heavy (non-hydrogen) atoms. The van der Waals surface area contributed by atoms with E-state index in [0.29, 0.717) is 5.71 Å². The van der Waals surface area contributed by atoms with Gasteiger partial charge in [0.05, 0.1) is 15.8 Å². The van der Waals surface area contributed by atoms with Gasteiger partial charge in [0.2, 0.25) is 5.71 Å². The molecule has 5 heterocycles. The van der Waals surface area contributed by atoms with E-state index in [1.54, 1.807) is 11.3 Å². The van der Waals surface area contributed by atoms with Crippen LogP contribution in [0.5, 0.6) is 0 Å². The van der Waals surface area contributed by atoms with E-state index in [-0.39, 0.29) is 20.1 Å². The largest absolute Gasteiger partial charge is 0.486 e. The zero-order valence-corrected chi connectivity index (χ0v) is 26.1. The van der Waals surface area contributed by atoms with Crippen molar-refractivity contribution in [3.05, 3.63) is 112 Å². The van der Waals surface area contributed by atoms with Crippen molar-refractivity contribution < 1.29 is 24.5 Å². The van der Waals surface area contributed by atoms with E-state index in [1.807, 2.05) is 43.5 Å². The van der Waals surface area contributed by atoms with Crippen LogP contribution in [0.2, 0.25) is 0 Å². The summed E-state index contributed by atoms with van der Waals surface area (Å²) in [6, 6.07) is 29.1. The van der Waals surface area contributed by atoms with E-state index in [9.17, 15) is 0 Å². The molecule has 0 N–H and O–H groups in total. The van der Waals surface area contributed by atoms with Crippen molar-refractivity contribution in [2.45, 2.75) is 34.6 Å². The molecule has 0 spiro atoms. The van der Waals surface area contributed by atoms with Gasteiger partial charge in [-0.15, -0.1) is 64.9 Å². The van der Waals surface area contributed by atoms with E-state index >= 15 is 0 Å². The number of aryl methyl sites for hydroxylation is 5. The molecule has 7 rings (SSSR count). The molecule has 5 aromatic heterocycles. The summed E-state index contributed by atoms with van der Waals surface area (Å²) in [5.74, 6) is 0. The van der Waals surface area contributed by atoms with Crippen LogP contribution in [-0.4, -0.2) is 15.0 Å². The van der Waals surface area contributed by atoms with Crippen LogP contribution in [-0.2, 0) is 20.1 Å². The summed E-state index contributed by atoms with van der Waals surface area (Å²) in [6.07, 6.45) is 1.92. The molecule has 0 aliphatic heterocycles. The van der Waals surface area contributed by atoms with Crippen LogP contribution in [0.15, 0.2) is 77.3 Å². The van der Waals surface area contributed by atoms with Crippen LogP contribution in [0.3, 0.4) is 0 Å². The SMILES string of the molecule is Cc1c[c-]c(-c2cc(C)c(C)cn2)cc1.Cc1ccc2c(n1)oc1c(-c3ccc4sc(C)cc4n3)[c-]ccc12.[Ir]. The molecule has 6 heteroatoms. The minimum Gasteiger partial charge on any atom is -0.486 e. The smallest absolute Gasteiger partial charge is 0.216 e. The average Bonchev–Trinajstić information content (AvgIpc) is 3.49. The minimum atomic E-state index is 0. The number of nitrogens with zero attached hydrogens (tertiary/aromatic N) is 3. The normalized spacial score (nSPS) is 10.9. The van der Waals surface area contributed by atoms with Gasteiger partial charge in [-0.1, -0.05) is 35.6 Å². The molecule has 7 aromatic rings. The zero-order chi connectivity index (χ0) is 27.1. The number of rotatable bonds is 2. The predicted molar refractivity (Wildman–Crippen MR) is 161 cm³/mol. The minimum absolute atomic E-state index is 0. The van der Waals surface area contributed by atoms with E-state index < -0.39 is 0 Å². The maximum Gasteiger partial charge on any atom is 0.216 e. The number of pyridine rings is 3. The van der Waals surface area contributed by atoms with E-state index in [1.165, 1.54) is 26.3 Å². The predicted octanol–water partition coefficient (Wildman–Crippen LogP) is 9.15. The first-order chi connectivity index (χ1) is 18.9. The Kier molecular flexibility index (Phi) is 7.95. The third kappa shape index (κ3) is 5.48. The average molecular weight is 718 g/mol. The number of furan rings is 1. The van der Waals surface area contributed by atoms with E-state index in [4.69, 9.17) is 9.40 Å². The second-order valence-electron chi connectivity index (χ2n) is 9.87. The second-order valence-corrected chi connectivity index (χ2v) is 11.2. The Bertz CT molecular complexity index is 1970. The Hall–Kier alpha value is -3.70. The second kappa shape index (κ2) is 11.4. The maximum absolute atomic E-state index is 6.06. The molecule has 0 unspecified atom stereocenters. The topological polar surface area (TPSA) is 51.8 Å². The molecule has 1 radical (unpaired) electrons. The Morgan fingerprint density at radius 2 is 1.62 bits per heavy atom. The first kappa shape index (κ1) is 27.9. The number of thiophene rings is 1. The molecular weight excluding hydrogens is 691 g/mol. The summed E-state index contributed by atoms with van der Waals surface area (Å²) in [5, 5.41) is 2.08. The molecule has 0 fully saturated rings. The van der Waals surface area contributed by atoms with Gasteiger partial charge in [-0.3, -0.25) is 4.98 Å². The maximum atomic E-state index is 6.06. The molecule has 0 amide bonds. The summed E-state index contributed by atoms with van der Waals surface area (Å²) in [6.45, 7) is 10.3. The van der Waals surface area contributed by atoms with Gasteiger partial charge in [-0.25, -0.2) is 4.98 Å². The first-order valence-electron chi connectivity index (χ1n) is 12.9. The molecule has 0 aliphatic carbocycles. The third-order valence-corrected chi connectivity index (χ3v) is 7.81. The first-order valence-corrected chi connectivity index (χ1v) is 13.7. The standard InChI is InChI=1S/C20H13N2OS.C14H14N.Ir/c1-11-6-7-14-13-4-3-5-15(19(13)23-20(14)21-11)16-8-9-18-17(22-16)10-12(2)24-18;1-10-4-6-13(7-5-10)14-8-11(2)12(3)9-15-14;/h3-4,6-10H,1-2H3;4-6,8-9H,1-3H3;/q2*-1;. The van der Waals surface area contributed by atoms with Crippen molar-refractivity contribution in [2.75, 3.05) is 0 Å². The van der Waals surface area contributed by atoms with Crippen molar-refractivity contribution in [2.24, 2.45) is 0 Å². The molecule has 4 nitrogen and oxygen atoms in total. The van der Waals surface area contributed by atoms with Crippen LogP contribution in [0.1, 0.15) is 27.3 Å². The molecule has 0 saturated carbocycles. The van der Waals surface area contributed by atoms with Crippen molar-refractivity contribution in [1.29, 1.82) is 0 Å². The number of hydrogen-bond donors (Lipinski definition) is 0. The van der Waals surface area contributed by atoms with Crippen LogP contribution in [0, 0.1) is 46.8 Å². The summed E-state index contributed by atoms with van der Waals surface area (Å²) in [4.78, 5) is 15.0. The van der Waals surface area contributed by atoms with Crippen molar-refractivity contribution in [3.63, 3.8) is 0 Å². The number of fused-ring (bicyclic) bond motifs is 4. The zero-order valence-electron chi connectivity index (χ0n) is 22.9. The van der Waals surface area contributed by atoms with Crippen LogP contribution in [0.25, 0.3) is 54.8 Å². The summed E-state index contributed by atoms with van der Waals surface area (Å²) in [5.41, 5.74) is 11.0. The van der Waals surface area contributed by atoms with Crippen molar-refractivity contribution >= 4 is 43.6 Å². The van der Waals surface area contributed by atoms with Gasteiger partial charge in [0.25, 0.3) is 0 Å². The summed E-state index contributed by atoms with van der Waals surface area (Å²) >= 11 is 1.76.